The highest BCUT2D eigenvalue weighted by atomic mass is 35.5. The summed E-state index contributed by atoms with van der Waals surface area (Å²) in [5.74, 6) is -0.946. The van der Waals surface area contributed by atoms with Crippen molar-refractivity contribution in [3.8, 4) is 28.0 Å². The van der Waals surface area contributed by atoms with Gasteiger partial charge in [-0.1, -0.05) is 53.5 Å². The lowest BCUT2D eigenvalue weighted by molar-refractivity contribution is -0.139. The number of aromatic nitrogens is 2. The molecule has 0 saturated heterocycles. The van der Waals surface area contributed by atoms with Gasteiger partial charge in [0, 0.05) is 47.9 Å². The van der Waals surface area contributed by atoms with Gasteiger partial charge < -0.3 is 25.2 Å². The van der Waals surface area contributed by atoms with E-state index in [4.69, 9.17) is 37.8 Å². The molecule has 4 aromatic rings. The van der Waals surface area contributed by atoms with Crippen LogP contribution in [0.1, 0.15) is 40.6 Å². The summed E-state index contributed by atoms with van der Waals surface area (Å²) < 4.78 is 27.2. The van der Waals surface area contributed by atoms with E-state index in [9.17, 15) is 9.59 Å². The van der Waals surface area contributed by atoms with Gasteiger partial charge in [-0.15, -0.1) is 0 Å². The predicted molar refractivity (Wildman–Crippen MR) is 175 cm³/mol. The average molecular weight is 671 g/mol. The first-order chi connectivity index (χ1) is 22.2. The maximum atomic E-state index is 15.2. The van der Waals surface area contributed by atoms with Gasteiger partial charge in [0.15, 0.2) is 5.69 Å². The highest BCUT2D eigenvalue weighted by Gasteiger charge is 2.26. The molecule has 5 rings (SSSR count). The molecule has 242 valence electrons. The number of anilines is 1. The number of methoxy groups -OCH3 is 2. The summed E-state index contributed by atoms with van der Waals surface area (Å²) in [4.78, 5) is 25.0. The van der Waals surface area contributed by atoms with E-state index in [2.05, 4.69) is 21.0 Å². The maximum absolute atomic E-state index is 15.2. The van der Waals surface area contributed by atoms with Gasteiger partial charge in [0.05, 0.1) is 48.8 Å². The van der Waals surface area contributed by atoms with E-state index in [0.717, 1.165) is 18.5 Å². The number of esters is 1. The Balaban J connectivity index is 1.40. The number of amides is 1. The minimum atomic E-state index is -0.476. The standard InChI is InChI=1S/C33H34Cl2FN5O5/c1-45-29-15-19(14-24(36)23(29)17-37-11-13-42)20-6-3-7-21(31(20)34)22-8-4-9-26(32(22)35)39-33(44)27-16-28-25(38-18-30(43)46-2)10-5-12-41(28)40-27/h3-4,6-9,14-16,25,37-38,42H,5,10-13,17-18H2,1-2H3,(H,39,44)/t25-/m0/s1. The van der Waals surface area contributed by atoms with Crippen molar-refractivity contribution in [2.75, 3.05) is 39.2 Å². The summed E-state index contributed by atoms with van der Waals surface area (Å²) in [6.45, 7) is 1.15. The highest BCUT2D eigenvalue weighted by molar-refractivity contribution is 6.39. The number of aliphatic hydroxyl groups excluding tert-OH is 1. The summed E-state index contributed by atoms with van der Waals surface area (Å²) in [6.07, 6.45) is 1.64. The number of carbonyl (C=O) groups excluding carboxylic acids is 2. The number of ether oxygens (including phenoxy) is 2. The van der Waals surface area contributed by atoms with Crippen molar-refractivity contribution in [2.45, 2.75) is 32.0 Å². The van der Waals surface area contributed by atoms with Crippen LogP contribution in [0, 0.1) is 5.82 Å². The third-order valence-electron chi connectivity index (χ3n) is 7.80. The maximum Gasteiger partial charge on any atom is 0.319 e. The van der Waals surface area contributed by atoms with Gasteiger partial charge >= 0.3 is 5.97 Å². The molecule has 3 aromatic carbocycles. The van der Waals surface area contributed by atoms with Crippen LogP contribution in [0.5, 0.6) is 5.75 Å². The number of aliphatic hydroxyl groups is 1. The highest BCUT2D eigenvalue weighted by Crippen LogP contribution is 2.42. The second kappa shape index (κ2) is 15.1. The molecule has 0 aliphatic carbocycles. The quantitative estimate of drug-likeness (QED) is 0.113. The monoisotopic (exact) mass is 669 g/mol. The number of fused-ring (bicyclic) bond motifs is 1. The first-order valence-corrected chi connectivity index (χ1v) is 15.5. The normalized spacial score (nSPS) is 14.1. The Morgan fingerprint density at radius 1 is 1.07 bits per heavy atom. The second-order valence-corrected chi connectivity index (χ2v) is 11.4. The third kappa shape index (κ3) is 7.19. The van der Waals surface area contributed by atoms with E-state index < -0.39 is 11.7 Å². The molecular weight excluding hydrogens is 636 g/mol. The molecular formula is C33H34Cl2FN5O5. The number of carbonyl (C=O) groups is 2. The Morgan fingerprint density at radius 3 is 2.54 bits per heavy atom. The Labute approximate surface area is 275 Å². The fourth-order valence-electron chi connectivity index (χ4n) is 5.48. The molecule has 0 unspecified atom stereocenters. The van der Waals surface area contributed by atoms with Gasteiger partial charge in [0.1, 0.15) is 11.6 Å². The van der Waals surface area contributed by atoms with E-state index in [-0.39, 0.29) is 42.4 Å². The zero-order chi connectivity index (χ0) is 32.8. The van der Waals surface area contributed by atoms with Gasteiger partial charge in [0.25, 0.3) is 5.91 Å². The van der Waals surface area contributed by atoms with Gasteiger partial charge in [-0.2, -0.15) is 5.10 Å². The van der Waals surface area contributed by atoms with E-state index >= 15 is 4.39 Å². The smallest absolute Gasteiger partial charge is 0.319 e. The summed E-state index contributed by atoms with van der Waals surface area (Å²) in [5, 5.41) is 23.1. The van der Waals surface area contributed by atoms with Crippen LogP contribution < -0.4 is 20.7 Å². The Hall–Kier alpha value is -4.00. The molecule has 1 atom stereocenters. The fourth-order valence-corrected chi connectivity index (χ4v) is 6.09. The molecule has 4 N–H and O–H groups in total. The van der Waals surface area contributed by atoms with Crippen LogP contribution in [0.25, 0.3) is 22.3 Å². The minimum absolute atomic E-state index is 0.0523. The molecule has 1 aliphatic heterocycles. The van der Waals surface area contributed by atoms with Crippen LogP contribution >= 0.6 is 23.2 Å². The molecule has 13 heteroatoms. The number of hydrogen-bond donors (Lipinski definition) is 4. The summed E-state index contributed by atoms with van der Waals surface area (Å²) in [7, 11) is 2.80. The minimum Gasteiger partial charge on any atom is -0.496 e. The molecule has 46 heavy (non-hydrogen) atoms. The molecule has 1 aliphatic rings. The fraction of sp³-hybridized carbons (Fsp3) is 0.303. The molecule has 0 bridgehead atoms. The summed E-state index contributed by atoms with van der Waals surface area (Å²) >= 11 is 13.8. The average Bonchev–Trinajstić information content (AvgIpc) is 3.51. The summed E-state index contributed by atoms with van der Waals surface area (Å²) in [6, 6.07) is 15.3. The first kappa shape index (κ1) is 33.4. The number of nitrogens with zero attached hydrogens (tertiary/aromatic N) is 2. The second-order valence-electron chi connectivity index (χ2n) is 10.7. The van der Waals surface area contributed by atoms with Crippen LogP contribution in [0.15, 0.2) is 54.6 Å². The van der Waals surface area contributed by atoms with Gasteiger partial charge in [-0.25, -0.2) is 4.39 Å². The van der Waals surface area contributed by atoms with Crippen LogP contribution in [-0.2, 0) is 22.6 Å². The number of benzene rings is 3. The molecule has 0 fully saturated rings. The topological polar surface area (TPSA) is 127 Å². The zero-order valence-corrected chi connectivity index (χ0v) is 26.8. The van der Waals surface area contributed by atoms with Crippen LogP contribution in [0.4, 0.5) is 10.1 Å². The van der Waals surface area contributed by atoms with Crippen molar-refractivity contribution in [2.24, 2.45) is 0 Å². The van der Waals surface area contributed by atoms with E-state index in [1.54, 1.807) is 53.2 Å². The number of halogens is 3. The van der Waals surface area contributed by atoms with Crippen molar-refractivity contribution in [3.63, 3.8) is 0 Å². The van der Waals surface area contributed by atoms with Crippen molar-refractivity contribution in [1.82, 2.24) is 20.4 Å². The molecule has 10 nitrogen and oxygen atoms in total. The van der Waals surface area contributed by atoms with Crippen LogP contribution in [0.2, 0.25) is 10.0 Å². The molecule has 1 aromatic heterocycles. The Bertz CT molecular complexity index is 1750. The Morgan fingerprint density at radius 2 is 1.80 bits per heavy atom. The number of aryl methyl sites for hydroxylation is 1. The van der Waals surface area contributed by atoms with Crippen molar-refractivity contribution < 1.29 is 28.6 Å². The third-order valence-corrected chi connectivity index (χ3v) is 8.61. The SMILES string of the molecule is COC(=O)CN[C@H]1CCCn2nc(C(=O)Nc3cccc(-c4cccc(-c5cc(F)c(CNCCO)c(OC)c5)c4Cl)c3Cl)cc21. The molecule has 1 amide bonds. The number of hydrogen-bond acceptors (Lipinski definition) is 8. The van der Waals surface area contributed by atoms with Crippen molar-refractivity contribution in [1.29, 1.82) is 0 Å². The van der Waals surface area contributed by atoms with Crippen molar-refractivity contribution >= 4 is 40.8 Å². The van der Waals surface area contributed by atoms with Gasteiger partial charge in [-0.05, 0) is 42.7 Å². The van der Waals surface area contributed by atoms with Crippen molar-refractivity contribution in [3.05, 3.63) is 87.4 Å². The largest absolute Gasteiger partial charge is 0.496 e. The van der Waals surface area contributed by atoms with E-state index in [1.807, 2.05) is 0 Å². The lowest BCUT2D eigenvalue weighted by Gasteiger charge is -2.24. The lowest BCUT2D eigenvalue weighted by Crippen LogP contribution is -2.32. The van der Waals surface area contributed by atoms with E-state index in [1.165, 1.54) is 20.3 Å². The molecule has 0 radical (unpaired) electrons. The Kier molecular flexibility index (Phi) is 10.9. The van der Waals surface area contributed by atoms with E-state index in [0.29, 0.717) is 57.4 Å². The molecule has 2 heterocycles. The predicted octanol–water partition coefficient (Wildman–Crippen LogP) is 5.60. The van der Waals surface area contributed by atoms with Gasteiger partial charge in [0.2, 0.25) is 0 Å². The number of rotatable bonds is 12. The van der Waals surface area contributed by atoms with Crippen LogP contribution in [-0.4, -0.2) is 60.7 Å². The molecule has 0 saturated carbocycles. The first-order valence-electron chi connectivity index (χ1n) is 14.7. The van der Waals surface area contributed by atoms with Crippen LogP contribution in [0.3, 0.4) is 0 Å². The molecule has 0 spiro atoms. The lowest BCUT2D eigenvalue weighted by atomic mass is 9.97. The van der Waals surface area contributed by atoms with Gasteiger partial charge in [-0.3, -0.25) is 19.6 Å². The number of nitrogens with one attached hydrogen (secondary N) is 3. The summed E-state index contributed by atoms with van der Waals surface area (Å²) in [5.41, 5.74) is 3.96. The zero-order valence-electron chi connectivity index (χ0n) is 25.3.